The lowest BCUT2D eigenvalue weighted by Gasteiger charge is -2.08. The monoisotopic (exact) mass is 311 g/mol. The van der Waals surface area contributed by atoms with Gasteiger partial charge >= 0.3 is 0 Å². The van der Waals surface area contributed by atoms with Crippen LogP contribution in [-0.2, 0) is 13.1 Å². The van der Waals surface area contributed by atoms with Gasteiger partial charge in [-0.2, -0.15) is 5.10 Å². The average molecular weight is 312 g/mol. The molecule has 0 spiro atoms. The third-order valence-corrected chi connectivity index (χ3v) is 4.00. The Morgan fingerprint density at radius 2 is 1.90 bits per heavy atom. The van der Waals surface area contributed by atoms with Gasteiger partial charge in [0.2, 0.25) is 0 Å². The lowest BCUT2D eigenvalue weighted by Crippen LogP contribution is -2.21. The zero-order chi connectivity index (χ0) is 14.5. The Labute approximate surface area is 129 Å². The molecule has 0 aliphatic heterocycles. The highest BCUT2D eigenvalue weighted by Gasteiger charge is 2.05. The van der Waals surface area contributed by atoms with E-state index in [1.807, 2.05) is 0 Å². The van der Waals surface area contributed by atoms with Gasteiger partial charge in [0.05, 0.1) is 17.9 Å². The Morgan fingerprint density at radius 1 is 1.20 bits per heavy atom. The van der Waals surface area contributed by atoms with Crippen LogP contribution in [-0.4, -0.2) is 16.3 Å². The van der Waals surface area contributed by atoms with Gasteiger partial charge in [-0.1, -0.05) is 61.3 Å². The summed E-state index contributed by atoms with van der Waals surface area (Å²) in [6.07, 6.45) is 2.53. The van der Waals surface area contributed by atoms with Crippen LogP contribution in [0.5, 0.6) is 0 Å². The molecule has 0 fully saturated rings. The second-order valence-corrected chi connectivity index (χ2v) is 5.85. The van der Waals surface area contributed by atoms with Gasteiger partial charge < -0.3 is 0 Å². The summed E-state index contributed by atoms with van der Waals surface area (Å²) in [4.78, 5) is 0. The lowest BCUT2D eigenvalue weighted by atomic mass is 10.0. The van der Waals surface area contributed by atoms with Crippen LogP contribution in [0.2, 0.25) is 10.2 Å². The minimum absolute atomic E-state index is 0.473. The largest absolute Gasteiger partial charge is 0.298 e. The summed E-state index contributed by atoms with van der Waals surface area (Å²) < 4.78 is 1.64. The van der Waals surface area contributed by atoms with Gasteiger partial charge in [0.1, 0.15) is 5.15 Å². The molecule has 0 atom stereocenters. The van der Waals surface area contributed by atoms with Crippen LogP contribution in [0.15, 0.2) is 30.5 Å². The molecule has 1 aromatic carbocycles. The smallest absolute Gasteiger partial charge is 0.147 e. The zero-order valence-corrected chi connectivity index (χ0v) is 13.2. The Kier molecular flexibility index (Phi) is 5.46. The van der Waals surface area contributed by atoms with E-state index in [0.29, 0.717) is 22.8 Å². The van der Waals surface area contributed by atoms with Gasteiger partial charge in [0.15, 0.2) is 0 Å². The van der Waals surface area contributed by atoms with Crippen LogP contribution in [0.1, 0.15) is 30.9 Å². The van der Waals surface area contributed by atoms with Crippen molar-refractivity contribution >= 4 is 23.2 Å². The van der Waals surface area contributed by atoms with Crippen molar-refractivity contribution in [1.82, 2.24) is 15.1 Å². The highest BCUT2D eigenvalue weighted by molar-refractivity contribution is 6.41. The van der Waals surface area contributed by atoms with Crippen LogP contribution >= 0.6 is 23.2 Å². The number of aromatic nitrogens is 2. The summed E-state index contributed by atoms with van der Waals surface area (Å²) in [5.74, 6) is 0.578. The lowest BCUT2D eigenvalue weighted by molar-refractivity contribution is 0.515. The Bertz CT molecular complexity index is 547. The van der Waals surface area contributed by atoms with Crippen molar-refractivity contribution in [2.75, 3.05) is 6.54 Å². The zero-order valence-electron chi connectivity index (χ0n) is 11.7. The Morgan fingerprint density at radius 3 is 2.45 bits per heavy atom. The van der Waals surface area contributed by atoms with Crippen LogP contribution in [0, 0.1) is 0 Å². The van der Waals surface area contributed by atoms with Gasteiger partial charge in [-0.25, -0.2) is 4.68 Å². The molecule has 0 saturated carbocycles. The number of benzene rings is 1. The van der Waals surface area contributed by atoms with Gasteiger partial charge in [-0.3, -0.25) is 5.32 Å². The molecule has 1 N–H and O–H groups in total. The van der Waals surface area contributed by atoms with E-state index in [-0.39, 0.29) is 0 Å². The second kappa shape index (κ2) is 7.11. The van der Waals surface area contributed by atoms with Crippen molar-refractivity contribution in [3.05, 3.63) is 51.8 Å². The minimum Gasteiger partial charge on any atom is -0.298 e. The maximum Gasteiger partial charge on any atom is 0.147 e. The van der Waals surface area contributed by atoms with Crippen molar-refractivity contribution < 1.29 is 0 Å². The standard InChI is InChI=1S/C15H19Cl2N3/c1-11(2)13-5-3-12(4-6-13)7-8-18-10-20-15(17)14(16)9-19-20/h3-6,9,11,18H,7-8,10H2,1-2H3. The first-order valence-corrected chi connectivity index (χ1v) is 7.50. The van der Waals surface area contributed by atoms with E-state index in [1.165, 1.54) is 11.1 Å². The molecule has 0 saturated heterocycles. The summed E-state index contributed by atoms with van der Waals surface area (Å²) in [5, 5.41) is 8.34. The maximum atomic E-state index is 5.98. The Hall–Kier alpha value is -1.03. The van der Waals surface area contributed by atoms with Crippen LogP contribution in [0.3, 0.4) is 0 Å². The molecule has 108 valence electrons. The summed E-state index contributed by atoms with van der Waals surface area (Å²) in [7, 11) is 0. The molecule has 5 heteroatoms. The number of nitrogens with zero attached hydrogens (tertiary/aromatic N) is 2. The predicted octanol–water partition coefficient (Wildman–Crippen LogP) is 4.10. The molecule has 0 radical (unpaired) electrons. The third-order valence-electron chi connectivity index (χ3n) is 3.23. The van der Waals surface area contributed by atoms with E-state index in [2.05, 4.69) is 48.5 Å². The topological polar surface area (TPSA) is 29.9 Å². The first kappa shape index (κ1) is 15.4. The highest BCUT2D eigenvalue weighted by atomic mass is 35.5. The summed E-state index contributed by atoms with van der Waals surface area (Å²) >= 11 is 11.8. The summed E-state index contributed by atoms with van der Waals surface area (Å²) in [5.41, 5.74) is 2.70. The number of nitrogens with one attached hydrogen (secondary N) is 1. The van der Waals surface area contributed by atoms with Gasteiger partial charge in [-0.15, -0.1) is 0 Å². The molecule has 0 aliphatic rings. The second-order valence-electron chi connectivity index (χ2n) is 5.09. The number of hydrogen-bond donors (Lipinski definition) is 1. The molecule has 0 unspecified atom stereocenters. The average Bonchev–Trinajstić information content (AvgIpc) is 2.76. The molecule has 1 heterocycles. The molecule has 0 bridgehead atoms. The van der Waals surface area contributed by atoms with E-state index in [9.17, 15) is 0 Å². The van der Waals surface area contributed by atoms with Gasteiger partial charge in [-0.05, 0) is 23.5 Å². The van der Waals surface area contributed by atoms with Crippen molar-refractivity contribution in [2.24, 2.45) is 0 Å². The molecule has 3 nitrogen and oxygen atoms in total. The van der Waals surface area contributed by atoms with Crippen molar-refractivity contribution in [3.63, 3.8) is 0 Å². The van der Waals surface area contributed by atoms with E-state index in [4.69, 9.17) is 23.2 Å². The fourth-order valence-electron chi connectivity index (χ4n) is 1.94. The van der Waals surface area contributed by atoms with Crippen LogP contribution < -0.4 is 5.32 Å². The highest BCUT2D eigenvalue weighted by Crippen LogP contribution is 2.19. The number of hydrogen-bond acceptors (Lipinski definition) is 2. The summed E-state index contributed by atoms with van der Waals surface area (Å²) in [6, 6.07) is 8.78. The normalized spacial score (nSPS) is 11.2. The number of halogens is 2. The molecular weight excluding hydrogens is 293 g/mol. The van der Waals surface area contributed by atoms with Crippen molar-refractivity contribution in [2.45, 2.75) is 32.9 Å². The summed E-state index contributed by atoms with van der Waals surface area (Å²) in [6.45, 7) is 5.84. The van der Waals surface area contributed by atoms with Crippen LogP contribution in [0.4, 0.5) is 0 Å². The first-order chi connectivity index (χ1) is 9.58. The fraction of sp³-hybridized carbons (Fsp3) is 0.400. The minimum atomic E-state index is 0.473. The SMILES string of the molecule is CC(C)c1ccc(CCNCn2ncc(Cl)c2Cl)cc1. The van der Waals surface area contributed by atoms with Gasteiger partial charge in [0.25, 0.3) is 0 Å². The fourth-order valence-corrected chi connectivity index (χ4v) is 2.24. The van der Waals surface area contributed by atoms with Crippen molar-refractivity contribution in [1.29, 1.82) is 0 Å². The first-order valence-electron chi connectivity index (χ1n) is 6.74. The molecule has 1 aromatic heterocycles. The predicted molar refractivity (Wildman–Crippen MR) is 84.5 cm³/mol. The molecule has 2 aromatic rings. The molecular formula is C15H19Cl2N3. The van der Waals surface area contributed by atoms with Gasteiger partial charge in [0, 0.05) is 6.54 Å². The van der Waals surface area contributed by atoms with E-state index < -0.39 is 0 Å². The molecule has 0 amide bonds. The number of rotatable bonds is 6. The third kappa shape index (κ3) is 3.98. The molecule has 2 rings (SSSR count). The van der Waals surface area contributed by atoms with Crippen molar-refractivity contribution in [3.8, 4) is 0 Å². The van der Waals surface area contributed by atoms with Crippen LogP contribution in [0.25, 0.3) is 0 Å². The maximum absolute atomic E-state index is 5.98. The van der Waals surface area contributed by atoms with E-state index in [1.54, 1.807) is 10.9 Å². The van der Waals surface area contributed by atoms with E-state index in [0.717, 1.165) is 13.0 Å². The molecule has 0 aliphatic carbocycles. The quantitative estimate of drug-likeness (QED) is 0.814. The molecule has 20 heavy (non-hydrogen) atoms. The van der Waals surface area contributed by atoms with E-state index >= 15 is 0 Å². The Balaban J connectivity index is 1.77.